The molecule has 0 radical (unpaired) electrons. The van der Waals surface area contributed by atoms with Gasteiger partial charge in [0, 0.05) is 31.7 Å². The summed E-state index contributed by atoms with van der Waals surface area (Å²) in [6.07, 6.45) is 4.37. The van der Waals surface area contributed by atoms with Crippen LogP contribution in [0, 0.1) is 5.92 Å². The molecule has 0 aliphatic carbocycles. The van der Waals surface area contributed by atoms with E-state index < -0.39 is 5.91 Å². The Morgan fingerprint density at radius 1 is 1.38 bits per heavy atom. The number of ether oxygens (including phenoxy) is 2. The number of carbonyl (C=O) groups is 2. The lowest BCUT2D eigenvalue weighted by atomic mass is 10.1. The number of rotatable bonds is 8. The van der Waals surface area contributed by atoms with Crippen LogP contribution < -0.4 is 10.5 Å². The van der Waals surface area contributed by atoms with Gasteiger partial charge in [0.25, 0.3) is 5.91 Å². The first-order chi connectivity index (χ1) is 11.6. The molecule has 130 valence electrons. The second-order valence-electron chi connectivity index (χ2n) is 5.76. The lowest BCUT2D eigenvalue weighted by Gasteiger charge is -2.22. The van der Waals surface area contributed by atoms with Crippen LogP contribution in [0.1, 0.15) is 18.9 Å². The monoisotopic (exact) mass is 332 g/mol. The molecule has 1 unspecified atom stereocenters. The largest absolute Gasteiger partial charge is 0.484 e. The molecule has 2 amide bonds. The molecule has 1 fully saturated rings. The third kappa shape index (κ3) is 5.70. The topological polar surface area (TPSA) is 81.9 Å². The summed E-state index contributed by atoms with van der Waals surface area (Å²) in [5.41, 5.74) is 5.91. The maximum Gasteiger partial charge on any atom is 0.255 e. The average Bonchev–Trinajstić information content (AvgIpc) is 3.09. The number of nitrogens with two attached hydrogens (primary N) is 1. The molecule has 1 aromatic carbocycles. The predicted octanol–water partition coefficient (Wildman–Crippen LogP) is 1.45. The van der Waals surface area contributed by atoms with Gasteiger partial charge in [-0.15, -0.1) is 0 Å². The second-order valence-corrected chi connectivity index (χ2v) is 5.76. The molecule has 0 spiro atoms. The van der Waals surface area contributed by atoms with Crippen molar-refractivity contribution in [2.75, 3.05) is 32.9 Å². The Labute approximate surface area is 142 Å². The highest BCUT2D eigenvalue weighted by atomic mass is 16.5. The minimum Gasteiger partial charge on any atom is -0.484 e. The number of carbonyl (C=O) groups excluding carboxylic acids is 2. The van der Waals surface area contributed by atoms with E-state index in [1.165, 1.54) is 0 Å². The quantitative estimate of drug-likeness (QED) is 0.731. The summed E-state index contributed by atoms with van der Waals surface area (Å²) in [7, 11) is 0. The summed E-state index contributed by atoms with van der Waals surface area (Å²) >= 11 is 0. The number of hydrogen-bond donors (Lipinski definition) is 1. The molecule has 6 heteroatoms. The van der Waals surface area contributed by atoms with Crippen molar-refractivity contribution in [2.24, 2.45) is 11.7 Å². The average molecular weight is 332 g/mol. The molecule has 6 nitrogen and oxygen atoms in total. The molecule has 1 heterocycles. The van der Waals surface area contributed by atoms with Gasteiger partial charge in [0.05, 0.1) is 6.61 Å². The van der Waals surface area contributed by atoms with Crippen molar-refractivity contribution >= 4 is 17.9 Å². The van der Waals surface area contributed by atoms with Crippen LogP contribution in [0.3, 0.4) is 0 Å². The van der Waals surface area contributed by atoms with Crippen molar-refractivity contribution in [3.63, 3.8) is 0 Å². The van der Waals surface area contributed by atoms with E-state index >= 15 is 0 Å². The molecule has 1 saturated heterocycles. The number of likely N-dealkylation sites (N-methyl/N-ethyl adjacent to an activating group) is 1. The first-order valence-corrected chi connectivity index (χ1v) is 8.14. The Morgan fingerprint density at radius 3 is 2.71 bits per heavy atom. The van der Waals surface area contributed by atoms with Gasteiger partial charge in [0.2, 0.25) is 5.91 Å². The molecule has 0 bridgehead atoms. The van der Waals surface area contributed by atoms with Gasteiger partial charge in [-0.2, -0.15) is 0 Å². The van der Waals surface area contributed by atoms with Gasteiger partial charge in [-0.05, 0) is 37.1 Å². The summed E-state index contributed by atoms with van der Waals surface area (Å²) < 4.78 is 10.6. The fourth-order valence-corrected chi connectivity index (χ4v) is 2.52. The zero-order valence-electron chi connectivity index (χ0n) is 13.9. The Morgan fingerprint density at radius 2 is 2.12 bits per heavy atom. The highest BCUT2D eigenvalue weighted by molar-refractivity contribution is 5.91. The second kappa shape index (κ2) is 9.08. The van der Waals surface area contributed by atoms with E-state index in [9.17, 15) is 9.59 Å². The van der Waals surface area contributed by atoms with Gasteiger partial charge in [-0.1, -0.05) is 12.1 Å². The predicted molar refractivity (Wildman–Crippen MR) is 91.3 cm³/mol. The van der Waals surface area contributed by atoms with E-state index in [1.54, 1.807) is 24.3 Å². The van der Waals surface area contributed by atoms with E-state index in [1.807, 2.05) is 24.0 Å². The third-order valence-corrected chi connectivity index (χ3v) is 3.88. The van der Waals surface area contributed by atoms with Crippen molar-refractivity contribution in [1.82, 2.24) is 4.90 Å². The molecule has 2 rings (SSSR count). The van der Waals surface area contributed by atoms with E-state index in [2.05, 4.69) is 0 Å². The fourth-order valence-electron chi connectivity index (χ4n) is 2.52. The Bertz CT molecular complexity index is 577. The van der Waals surface area contributed by atoms with Gasteiger partial charge in [0.1, 0.15) is 5.75 Å². The Kier molecular flexibility index (Phi) is 6.81. The normalized spacial score (nSPS) is 17.1. The Balaban J connectivity index is 1.88. The molecule has 1 aromatic rings. The number of nitrogens with zero attached hydrogens (tertiary/aromatic N) is 1. The summed E-state index contributed by atoms with van der Waals surface area (Å²) in [4.78, 5) is 24.8. The minimum atomic E-state index is -0.517. The molecule has 1 aliphatic heterocycles. The van der Waals surface area contributed by atoms with Crippen LogP contribution in [0.2, 0.25) is 0 Å². The molecule has 0 saturated carbocycles. The SMILES string of the molecule is CCN(CC1CCOC1)C(=O)C=Cc1ccc(OCC(N)=O)cc1. The summed E-state index contributed by atoms with van der Waals surface area (Å²) in [6.45, 7) is 4.77. The number of amides is 2. The number of primary amides is 1. The van der Waals surface area contributed by atoms with Gasteiger partial charge < -0.3 is 20.1 Å². The van der Waals surface area contributed by atoms with E-state index in [0.29, 0.717) is 18.2 Å². The smallest absolute Gasteiger partial charge is 0.255 e. The van der Waals surface area contributed by atoms with Gasteiger partial charge >= 0.3 is 0 Å². The maximum absolute atomic E-state index is 12.3. The molecule has 1 atom stereocenters. The van der Waals surface area contributed by atoms with Crippen LogP contribution in [0.5, 0.6) is 5.75 Å². The summed E-state index contributed by atoms with van der Waals surface area (Å²) in [5.74, 6) is 0.480. The zero-order valence-corrected chi connectivity index (χ0v) is 13.9. The molecule has 24 heavy (non-hydrogen) atoms. The maximum atomic E-state index is 12.3. The van der Waals surface area contributed by atoms with Crippen LogP contribution in [0.15, 0.2) is 30.3 Å². The fraction of sp³-hybridized carbons (Fsp3) is 0.444. The van der Waals surface area contributed by atoms with Crippen LogP contribution in [0.25, 0.3) is 6.08 Å². The van der Waals surface area contributed by atoms with E-state index in [4.69, 9.17) is 15.2 Å². The first-order valence-electron chi connectivity index (χ1n) is 8.14. The van der Waals surface area contributed by atoms with Crippen LogP contribution in [0.4, 0.5) is 0 Å². The third-order valence-electron chi connectivity index (χ3n) is 3.88. The summed E-state index contributed by atoms with van der Waals surface area (Å²) in [6, 6.07) is 7.11. The molecule has 1 aliphatic rings. The standard InChI is InChI=1S/C18H24N2O4/c1-2-20(11-15-9-10-23-12-15)18(22)8-5-14-3-6-16(7-4-14)24-13-17(19)21/h3-8,15H,2,9-13H2,1H3,(H2,19,21). The lowest BCUT2D eigenvalue weighted by molar-refractivity contribution is -0.126. The number of benzene rings is 1. The van der Waals surface area contributed by atoms with Crippen molar-refractivity contribution in [3.05, 3.63) is 35.9 Å². The van der Waals surface area contributed by atoms with Crippen molar-refractivity contribution in [3.8, 4) is 5.75 Å². The summed E-state index contributed by atoms with van der Waals surface area (Å²) in [5, 5.41) is 0. The van der Waals surface area contributed by atoms with Gasteiger partial charge in [0.15, 0.2) is 6.61 Å². The van der Waals surface area contributed by atoms with Gasteiger partial charge in [-0.3, -0.25) is 9.59 Å². The first kappa shape index (κ1) is 18.0. The number of hydrogen-bond acceptors (Lipinski definition) is 4. The van der Waals surface area contributed by atoms with Crippen molar-refractivity contribution in [1.29, 1.82) is 0 Å². The molecular weight excluding hydrogens is 308 g/mol. The molecule has 2 N–H and O–H groups in total. The highest BCUT2D eigenvalue weighted by Crippen LogP contribution is 2.15. The van der Waals surface area contributed by atoms with Crippen molar-refractivity contribution in [2.45, 2.75) is 13.3 Å². The molecular formula is C18H24N2O4. The minimum absolute atomic E-state index is 0.00143. The van der Waals surface area contributed by atoms with Gasteiger partial charge in [-0.25, -0.2) is 0 Å². The molecule has 0 aromatic heterocycles. The Hall–Kier alpha value is -2.34. The van der Waals surface area contributed by atoms with Crippen LogP contribution >= 0.6 is 0 Å². The van der Waals surface area contributed by atoms with E-state index in [-0.39, 0.29) is 12.5 Å². The lowest BCUT2D eigenvalue weighted by Crippen LogP contribution is -2.34. The van der Waals surface area contributed by atoms with E-state index in [0.717, 1.165) is 31.7 Å². The van der Waals surface area contributed by atoms with Crippen LogP contribution in [-0.2, 0) is 14.3 Å². The van der Waals surface area contributed by atoms with Crippen molar-refractivity contribution < 1.29 is 19.1 Å². The van der Waals surface area contributed by atoms with Crippen LogP contribution in [-0.4, -0.2) is 49.6 Å². The highest BCUT2D eigenvalue weighted by Gasteiger charge is 2.20. The zero-order chi connectivity index (χ0) is 17.4.